The molecular weight excluding hydrogens is 242 g/mol. The highest BCUT2D eigenvalue weighted by Crippen LogP contribution is 2.28. The standard InChI is InChI=1S/C15H21NOS/c1-15(2)8-3-9-16(11-15)14(17)10-12-4-6-13(18)7-5-12/h4-7,18H,3,8-11H2,1-2H3. The van der Waals surface area contributed by atoms with Crippen molar-refractivity contribution >= 4 is 18.5 Å². The van der Waals surface area contributed by atoms with Gasteiger partial charge in [0.25, 0.3) is 0 Å². The van der Waals surface area contributed by atoms with Gasteiger partial charge in [-0.1, -0.05) is 26.0 Å². The van der Waals surface area contributed by atoms with E-state index in [1.54, 1.807) is 0 Å². The van der Waals surface area contributed by atoms with E-state index in [1.807, 2.05) is 29.2 Å². The molecule has 0 atom stereocenters. The average molecular weight is 263 g/mol. The van der Waals surface area contributed by atoms with Crippen LogP contribution < -0.4 is 0 Å². The van der Waals surface area contributed by atoms with Crippen molar-refractivity contribution in [2.75, 3.05) is 13.1 Å². The Kier molecular flexibility index (Phi) is 4.00. The quantitative estimate of drug-likeness (QED) is 0.813. The normalized spacial score (nSPS) is 18.7. The molecule has 0 bridgehead atoms. The first-order valence-corrected chi connectivity index (χ1v) is 6.97. The molecule has 3 heteroatoms. The molecule has 98 valence electrons. The van der Waals surface area contributed by atoms with Crippen LogP contribution in [0, 0.1) is 5.41 Å². The molecule has 2 nitrogen and oxygen atoms in total. The Labute approximate surface area is 115 Å². The lowest BCUT2D eigenvalue weighted by molar-refractivity contribution is -0.133. The van der Waals surface area contributed by atoms with Gasteiger partial charge in [0.05, 0.1) is 6.42 Å². The van der Waals surface area contributed by atoms with Gasteiger partial charge in [-0.05, 0) is 36.0 Å². The Hall–Kier alpha value is -0.960. The van der Waals surface area contributed by atoms with Crippen molar-refractivity contribution < 1.29 is 4.79 Å². The molecule has 1 aliphatic rings. The maximum atomic E-state index is 12.2. The van der Waals surface area contributed by atoms with E-state index in [2.05, 4.69) is 26.5 Å². The molecule has 0 saturated carbocycles. The van der Waals surface area contributed by atoms with E-state index >= 15 is 0 Å². The lowest BCUT2D eigenvalue weighted by Crippen LogP contribution is -2.44. The number of thiol groups is 1. The molecule has 1 saturated heterocycles. The van der Waals surface area contributed by atoms with Crippen LogP contribution in [-0.4, -0.2) is 23.9 Å². The zero-order valence-corrected chi connectivity index (χ0v) is 12.0. The molecule has 2 rings (SSSR count). The number of piperidine rings is 1. The molecular formula is C15H21NOS. The summed E-state index contributed by atoms with van der Waals surface area (Å²) in [7, 11) is 0. The van der Waals surface area contributed by atoms with Crippen molar-refractivity contribution in [2.24, 2.45) is 5.41 Å². The third-order valence-electron chi connectivity index (χ3n) is 3.54. The van der Waals surface area contributed by atoms with E-state index < -0.39 is 0 Å². The smallest absolute Gasteiger partial charge is 0.227 e. The predicted molar refractivity (Wildman–Crippen MR) is 77.0 cm³/mol. The highest BCUT2D eigenvalue weighted by atomic mass is 32.1. The monoisotopic (exact) mass is 263 g/mol. The Balaban J connectivity index is 1.97. The van der Waals surface area contributed by atoms with Crippen LogP contribution in [0.5, 0.6) is 0 Å². The van der Waals surface area contributed by atoms with Crippen LogP contribution in [0.3, 0.4) is 0 Å². The summed E-state index contributed by atoms with van der Waals surface area (Å²) < 4.78 is 0. The summed E-state index contributed by atoms with van der Waals surface area (Å²) in [5, 5.41) is 0. The molecule has 0 aromatic heterocycles. The van der Waals surface area contributed by atoms with Gasteiger partial charge in [-0.2, -0.15) is 0 Å². The first-order chi connectivity index (χ1) is 8.46. The zero-order chi connectivity index (χ0) is 13.2. The van der Waals surface area contributed by atoms with Gasteiger partial charge in [-0.3, -0.25) is 4.79 Å². The lowest BCUT2D eigenvalue weighted by Gasteiger charge is -2.38. The number of carbonyl (C=O) groups excluding carboxylic acids is 1. The second kappa shape index (κ2) is 5.35. The summed E-state index contributed by atoms with van der Waals surface area (Å²) in [6.45, 7) is 6.27. The van der Waals surface area contributed by atoms with Crippen molar-refractivity contribution in [3.05, 3.63) is 29.8 Å². The highest BCUT2D eigenvalue weighted by Gasteiger charge is 2.28. The summed E-state index contributed by atoms with van der Waals surface area (Å²) in [5.41, 5.74) is 1.34. The second-order valence-corrected chi connectivity index (χ2v) is 6.44. The van der Waals surface area contributed by atoms with E-state index in [0.717, 1.165) is 30.0 Å². The minimum atomic E-state index is 0.245. The zero-order valence-electron chi connectivity index (χ0n) is 11.1. The van der Waals surface area contributed by atoms with Gasteiger partial charge in [-0.15, -0.1) is 12.6 Å². The topological polar surface area (TPSA) is 20.3 Å². The van der Waals surface area contributed by atoms with Crippen molar-refractivity contribution in [1.29, 1.82) is 0 Å². The van der Waals surface area contributed by atoms with Crippen molar-refractivity contribution in [1.82, 2.24) is 4.90 Å². The van der Waals surface area contributed by atoms with Crippen LogP contribution in [0.25, 0.3) is 0 Å². The molecule has 1 aromatic rings. The lowest BCUT2D eigenvalue weighted by atomic mass is 9.84. The summed E-state index contributed by atoms with van der Waals surface area (Å²) in [5.74, 6) is 0.245. The number of carbonyl (C=O) groups is 1. The maximum Gasteiger partial charge on any atom is 0.227 e. The summed E-state index contributed by atoms with van der Waals surface area (Å²) >= 11 is 4.25. The minimum absolute atomic E-state index is 0.245. The van der Waals surface area contributed by atoms with E-state index in [9.17, 15) is 4.79 Å². The van der Waals surface area contributed by atoms with Crippen molar-refractivity contribution in [3.8, 4) is 0 Å². The number of amides is 1. The van der Waals surface area contributed by atoms with E-state index in [1.165, 1.54) is 6.42 Å². The number of nitrogens with zero attached hydrogens (tertiary/aromatic N) is 1. The summed E-state index contributed by atoms with van der Waals surface area (Å²) in [4.78, 5) is 15.2. The number of hydrogen-bond donors (Lipinski definition) is 1. The molecule has 0 N–H and O–H groups in total. The van der Waals surface area contributed by atoms with Crippen LogP contribution in [0.1, 0.15) is 32.3 Å². The minimum Gasteiger partial charge on any atom is -0.342 e. The van der Waals surface area contributed by atoms with E-state index in [4.69, 9.17) is 0 Å². The maximum absolute atomic E-state index is 12.2. The van der Waals surface area contributed by atoms with Gasteiger partial charge >= 0.3 is 0 Å². The van der Waals surface area contributed by atoms with Gasteiger partial charge in [0.15, 0.2) is 0 Å². The Morgan fingerprint density at radius 1 is 1.33 bits per heavy atom. The largest absolute Gasteiger partial charge is 0.342 e. The Morgan fingerprint density at radius 3 is 2.61 bits per heavy atom. The van der Waals surface area contributed by atoms with E-state index in [0.29, 0.717) is 6.42 Å². The summed E-state index contributed by atoms with van der Waals surface area (Å²) in [6.07, 6.45) is 2.84. The second-order valence-electron chi connectivity index (χ2n) is 5.93. The fraction of sp³-hybridized carbons (Fsp3) is 0.533. The fourth-order valence-electron chi connectivity index (χ4n) is 2.54. The molecule has 0 unspecified atom stereocenters. The molecule has 0 radical (unpaired) electrons. The van der Waals surface area contributed by atoms with Gasteiger partial charge < -0.3 is 4.90 Å². The molecule has 0 spiro atoms. The first kappa shape index (κ1) is 13.5. The first-order valence-electron chi connectivity index (χ1n) is 6.52. The van der Waals surface area contributed by atoms with Crippen molar-refractivity contribution in [3.63, 3.8) is 0 Å². The molecule has 1 amide bonds. The third kappa shape index (κ3) is 3.52. The molecule has 18 heavy (non-hydrogen) atoms. The number of hydrogen-bond acceptors (Lipinski definition) is 2. The van der Waals surface area contributed by atoms with Crippen LogP contribution in [-0.2, 0) is 11.2 Å². The SMILES string of the molecule is CC1(C)CCCN(C(=O)Cc2ccc(S)cc2)C1. The van der Waals surface area contributed by atoms with Gasteiger partial charge in [0.2, 0.25) is 5.91 Å². The van der Waals surface area contributed by atoms with Gasteiger partial charge in [-0.25, -0.2) is 0 Å². The average Bonchev–Trinajstić information content (AvgIpc) is 2.31. The molecule has 1 fully saturated rings. The molecule has 0 aliphatic carbocycles. The van der Waals surface area contributed by atoms with Gasteiger partial charge in [0, 0.05) is 18.0 Å². The Morgan fingerprint density at radius 2 is 2.00 bits per heavy atom. The van der Waals surface area contributed by atoms with Crippen molar-refractivity contribution in [2.45, 2.75) is 38.0 Å². The fourth-order valence-corrected chi connectivity index (χ4v) is 2.69. The van der Waals surface area contributed by atoms with E-state index in [-0.39, 0.29) is 11.3 Å². The van der Waals surface area contributed by atoms with Gasteiger partial charge in [0.1, 0.15) is 0 Å². The van der Waals surface area contributed by atoms with Crippen LogP contribution in [0.4, 0.5) is 0 Å². The van der Waals surface area contributed by atoms with Crippen LogP contribution in [0.2, 0.25) is 0 Å². The number of likely N-dealkylation sites (tertiary alicyclic amines) is 1. The molecule has 1 aromatic carbocycles. The van der Waals surface area contributed by atoms with Crippen LogP contribution in [0.15, 0.2) is 29.2 Å². The highest BCUT2D eigenvalue weighted by molar-refractivity contribution is 7.80. The summed E-state index contributed by atoms with van der Waals surface area (Å²) in [6, 6.07) is 7.84. The van der Waals surface area contributed by atoms with Crippen LogP contribution >= 0.6 is 12.6 Å². The molecule has 1 aliphatic heterocycles. The number of rotatable bonds is 2. The predicted octanol–water partition coefficient (Wildman–Crippen LogP) is 3.17. The third-order valence-corrected chi connectivity index (χ3v) is 3.84. The Bertz CT molecular complexity index is 425. The number of benzene rings is 1. The molecule has 1 heterocycles.